The Kier molecular flexibility index (Phi) is 4.72. The van der Waals surface area contributed by atoms with Crippen molar-refractivity contribution in [3.8, 4) is 0 Å². The van der Waals surface area contributed by atoms with Crippen LogP contribution >= 0.6 is 0 Å². The van der Waals surface area contributed by atoms with Crippen LogP contribution in [0.4, 0.5) is 0 Å². The van der Waals surface area contributed by atoms with Crippen LogP contribution in [0.3, 0.4) is 0 Å². The minimum absolute atomic E-state index is 0.591. The van der Waals surface area contributed by atoms with Gasteiger partial charge in [-0.3, -0.25) is 9.88 Å². The third kappa shape index (κ3) is 3.30. The number of pyridine rings is 1. The third-order valence-electron chi connectivity index (χ3n) is 3.88. The van der Waals surface area contributed by atoms with E-state index < -0.39 is 0 Å². The van der Waals surface area contributed by atoms with Gasteiger partial charge in [0.15, 0.2) is 0 Å². The van der Waals surface area contributed by atoms with Gasteiger partial charge in [-0.25, -0.2) is 0 Å². The molecule has 18 heavy (non-hydrogen) atoms. The number of aryl methyl sites for hydroxylation is 1. The molecule has 1 aromatic heterocycles. The van der Waals surface area contributed by atoms with E-state index in [9.17, 15) is 0 Å². The standard InChI is InChI=1S/C15H25N3/c1-17(2)10-4-6-13-8-9-16-12-14(13)15-7-5-11-18(15)3/h8-9,12,15H,4-7,10-11H2,1-3H3. The molecule has 0 N–H and O–H groups in total. The van der Waals surface area contributed by atoms with Crippen LogP contribution < -0.4 is 0 Å². The van der Waals surface area contributed by atoms with E-state index in [2.05, 4.69) is 48.2 Å². The zero-order valence-electron chi connectivity index (χ0n) is 11.9. The predicted octanol–water partition coefficient (Wildman–Crippen LogP) is 2.34. The first kappa shape index (κ1) is 13.5. The van der Waals surface area contributed by atoms with Crippen LogP contribution in [0.1, 0.15) is 36.4 Å². The monoisotopic (exact) mass is 247 g/mol. The molecular formula is C15H25N3. The Morgan fingerprint density at radius 2 is 2.28 bits per heavy atom. The van der Waals surface area contributed by atoms with Crippen molar-refractivity contribution in [2.45, 2.75) is 31.7 Å². The number of aromatic nitrogens is 1. The summed E-state index contributed by atoms with van der Waals surface area (Å²) in [5.41, 5.74) is 2.95. The van der Waals surface area contributed by atoms with Gasteiger partial charge in [0.25, 0.3) is 0 Å². The maximum Gasteiger partial charge on any atom is 0.0363 e. The molecular weight excluding hydrogens is 222 g/mol. The molecule has 1 fully saturated rings. The van der Waals surface area contributed by atoms with E-state index >= 15 is 0 Å². The van der Waals surface area contributed by atoms with E-state index in [-0.39, 0.29) is 0 Å². The first-order chi connectivity index (χ1) is 8.68. The van der Waals surface area contributed by atoms with Crippen LogP contribution in [-0.2, 0) is 6.42 Å². The fraction of sp³-hybridized carbons (Fsp3) is 0.667. The van der Waals surface area contributed by atoms with Gasteiger partial charge in [-0.2, -0.15) is 0 Å². The van der Waals surface area contributed by atoms with Crippen LogP contribution in [0.15, 0.2) is 18.5 Å². The van der Waals surface area contributed by atoms with Gasteiger partial charge < -0.3 is 4.90 Å². The van der Waals surface area contributed by atoms with E-state index in [1.165, 1.54) is 43.4 Å². The van der Waals surface area contributed by atoms with Crippen LogP contribution in [0.5, 0.6) is 0 Å². The molecule has 0 amide bonds. The molecule has 3 heteroatoms. The van der Waals surface area contributed by atoms with Crippen molar-refractivity contribution in [2.75, 3.05) is 34.2 Å². The van der Waals surface area contributed by atoms with Crippen molar-refractivity contribution in [2.24, 2.45) is 0 Å². The third-order valence-corrected chi connectivity index (χ3v) is 3.88. The van der Waals surface area contributed by atoms with Crippen molar-refractivity contribution in [3.63, 3.8) is 0 Å². The molecule has 3 nitrogen and oxygen atoms in total. The van der Waals surface area contributed by atoms with E-state index in [1.807, 2.05) is 6.20 Å². The number of likely N-dealkylation sites (tertiary alicyclic amines) is 1. The maximum atomic E-state index is 4.33. The number of rotatable bonds is 5. The molecule has 2 heterocycles. The lowest BCUT2D eigenvalue weighted by Gasteiger charge is -2.22. The van der Waals surface area contributed by atoms with E-state index in [0.29, 0.717) is 6.04 Å². The van der Waals surface area contributed by atoms with Gasteiger partial charge in [0.2, 0.25) is 0 Å². The Labute approximate surface area is 111 Å². The van der Waals surface area contributed by atoms with Crippen molar-refractivity contribution in [1.29, 1.82) is 0 Å². The fourth-order valence-electron chi connectivity index (χ4n) is 2.85. The summed E-state index contributed by atoms with van der Waals surface area (Å²) in [7, 11) is 6.50. The molecule has 1 atom stereocenters. The Balaban J connectivity index is 2.05. The Bertz CT molecular complexity index is 376. The molecule has 0 radical (unpaired) electrons. The van der Waals surface area contributed by atoms with Gasteiger partial charge in [-0.15, -0.1) is 0 Å². The van der Waals surface area contributed by atoms with Crippen molar-refractivity contribution < 1.29 is 0 Å². The van der Waals surface area contributed by atoms with Crippen molar-refractivity contribution in [3.05, 3.63) is 29.6 Å². The molecule has 1 unspecified atom stereocenters. The van der Waals surface area contributed by atoms with Gasteiger partial charge in [0, 0.05) is 18.4 Å². The van der Waals surface area contributed by atoms with Gasteiger partial charge in [0.1, 0.15) is 0 Å². The molecule has 1 aliphatic rings. The Morgan fingerprint density at radius 1 is 1.44 bits per heavy atom. The predicted molar refractivity (Wildman–Crippen MR) is 75.7 cm³/mol. The molecule has 1 aromatic rings. The smallest absolute Gasteiger partial charge is 0.0363 e. The van der Waals surface area contributed by atoms with Crippen LogP contribution in [0, 0.1) is 0 Å². The number of hydrogen-bond donors (Lipinski definition) is 0. The van der Waals surface area contributed by atoms with Crippen LogP contribution in [-0.4, -0.2) is 49.0 Å². The first-order valence-electron chi connectivity index (χ1n) is 6.96. The van der Waals surface area contributed by atoms with Gasteiger partial charge in [-0.1, -0.05) is 0 Å². The number of hydrogen-bond acceptors (Lipinski definition) is 3. The van der Waals surface area contributed by atoms with Gasteiger partial charge in [0.05, 0.1) is 0 Å². The lowest BCUT2D eigenvalue weighted by Crippen LogP contribution is -2.19. The summed E-state index contributed by atoms with van der Waals surface area (Å²) in [6.07, 6.45) is 9.00. The van der Waals surface area contributed by atoms with Gasteiger partial charge >= 0.3 is 0 Å². The summed E-state index contributed by atoms with van der Waals surface area (Å²) in [6.45, 7) is 2.37. The summed E-state index contributed by atoms with van der Waals surface area (Å²) in [5.74, 6) is 0. The summed E-state index contributed by atoms with van der Waals surface area (Å²) in [6, 6.07) is 2.80. The van der Waals surface area contributed by atoms with Crippen molar-refractivity contribution in [1.82, 2.24) is 14.8 Å². The van der Waals surface area contributed by atoms with E-state index in [0.717, 1.165) is 6.54 Å². The quantitative estimate of drug-likeness (QED) is 0.796. The molecule has 0 aliphatic carbocycles. The highest BCUT2D eigenvalue weighted by Crippen LogP contribution is 2.32. The van der Waals surface area contributed by atoms with Gasteiger partial charge in [-0.05, 0) is 77.1 Å². The lowest BCUT2D eigenvalue weighted by atomic mass is 9.98. The minimum atomic E-state index is 0.591. The second-order valence-electron chi connectivity index (χ2n) is 5.62. The molecule has 2 rings (SSSR count). The summed E-state index contributed by atoms with van der Waals surface area (Å²) in [4.78, 5) is 9.05. The first-order valence-corrected chi connectivity index (χ1v) is 6.96. The average molecular weight is 247 g/mol. The molecule has 0 aromatic carbocycles. The lowest BCUT2D eigenvalue weighted by molar-refractivity contribution is 0.315. The zero-order chi connectivity index (χ0) is 13.0. The number of nitrogens with zero attached hydrogens (tertiary/aromatic N) is 3. The Morgan fingerprint density at radius 3 is 2.94 bits per heavy atom. The van der Waals surface area contributed by atoms with Crippen LogP contribution in [0.2, 0.25) is 0 Å². The average Bonchev–Trinajstić information content (AvgIpc) is 2.76. The highest BCUT2D eigenvalue weighted by Gasteiger charge is 2.24. The largest absolute Gasteiger partial charge is 0.309 e. The molecule has 0 spiro atoms. The highest BCUT2D eigenvalue weighted by atomic mass is 15.1. The molecule has 1 saturated heterocycles. The molecule has 1 aliphatic heterocycles. The van der Waals surface area contributed by atoms with Crippen LogP contribution in [0.25, 0.3) is 0 Å². The molecule has 0 bridgehead atoms. The SMILES string of the molecule is CN(C)CCCc1ccncc1C1CCCN1C. The zero-order valence-corrected chi connectivity index (χ0v) is 11.9. The normalized spacial score (nSPS) is 20.8. The van der Waals surface area contributed by atoms with E-state index in [1.54, 1.807) is 0 Å². The summed E-state index contributed by atoms with van der Waals surface area (Å²) < 4.78 is 0. The fourth-order valence-corrected chi connectivity index (χ4v) is 2.85. The Hall–Kier alpha value is -0.930. The van der Waals surface area contributed by atoms with E-state index in [4.69, 9.17) is 0 Å². The second-order valence-corrected chi connectivity index (χ2v) is 5.62. The highest BCUT2D eigenvalue weighted by molar-refractivity contribution is 5.27. The minimum Gasteiger partial charge on any atom is -0.309 e. The second kappa shape index (κ2) is 6.30. The topological polar surface area (TPSA) is 19.4 Å². The molecule has 0 saturated carbocycles. The summed E-state index contributed by atoms with van der Waals surface area (Å²) >= 11 is 0. The maximum absolute atomic E-state index is 4.33. The summed E-state index contributed by atoms with van der Waals surface area (Å²) in [5, 5.41) is 0. The molecule has 100 valence electrons. The van der Waals surface area contributed by atoms with Crippen molar-refractivity contribution >= 4 is 0 Å².